The van der Waals surface area contributed by atoms with Crippen LogP contribution in [-0.4, -0.2) is 70.6 Å². The second kappa shape index (κ2) is 10.2. The zero-order valence-electron chi connectivity index (χ0n) is 21.9. The molecule has 0 aromatic rings. The van der Waals surface area contributed by atoms with Crippen LogP contribution in [-0.2, 0) is 14.2 Å². The molecule has 0 unspecified atom stereocenters. The number of hydrogen-bond donors (Lipinski definition) is 2. The maximum atomic E-state index is 13.4. The van der Waals surface area contributed by atoms with Gasteiger partial charge < -0.3 is 29.3 Å². The Bertz CT molecular complexity index is 700. The van der Waals surface area contributed by atoms with Crippen molar-refractivity contribution in [3.05, 3.63) is 0 Å². The molecular weight excluding hydrogens is 434 g/mol. The van der Waals surface area contributed by atoms with E-state index in [1.165, 1.54) is 0 Å². The molecule has 8 atom stereocenters. The molecule has 4 aliphatic rings. The molecule has 2 N–H and O–H groups in total. The molecule has 0 aromatic carbocycles. The van der Waals surface area contributed by atoms with E-state index in [1.807, 2.05) is 32.6 Å². The average molecular weight is 482 g/mol. The maximum Gasteiger partial charge on any atom is 0.410 e. The van der Waals surface area contributed by atoms with E-state index in [1.54, 1.807) is 0 Å². The van der Waals surface area contributed by atoms with Crippen molar-refractivity contribution >= 4 is 6.09 Å². The SMILES string of the molecule is C[C@@H](O)[C@@H]1CCCC[C@H]1[C@@H](CO)[C@H]1C[C@@H]2[C@@H](CC[C@H](C)N2C(=O)OC(C)(C)C)C2(C1)OCCO2. The molecule has 0 aromatic heterocycles. The predicted molar refractivity (Wildman–Crippen MR) is 129 cm³/mol. The zero-order valence-corrected chi connectivity index (χ0v) is 21.9. The van der Waals surface area contributed by atoms with Crippen LogP contribution in [0.4, 0.5) is 4.79 Å². The van der Waals surface area contributed by atoms with Crippen molar-refractivity contribution in [2.45, 2.75) is 116 Å². The number of fused-ring (bicyclic) bond motifs is 2. The lowest BCUT2D eigenvalue weighted by Crippen LogP contribution is -2.64. The van der Waals surface area contributed by atoms with Gasteiger partial charge in [-0.1, -0.05) is 12.8 Å². The molecule has 7 heteroatoms. The highest BCUT2D eigenvalue weighted by molar-refractivity contribution is 5.69. The second-order valence-electron chi connectivity index (χ2n) is 12.4. The van der Waals surface area contributed by atoms with E-state index >= 15 is 0 Å². The molecule has 4 fully saturated rings. The van der Waals surface area contributed by atoms with Crippen LogP contribution in [0.25, 0.3) is 0 Å². The number of carbonyl (C=O) groups excluding carboxylic acids is 1. The number of piperidine rings is 1. The summed E-state index contributed by atoms with van der Waals surface area (Å²) < 4.78 is 18.6. The van der Waals surface area contributed by atoms with E-state index < -0.39 is 11.4 Å². The van der Waals surface area contributed by atoms with Gasteiger partial charge in [0.1, 0.15) is 5.60 Å². The Morgan fingerprint density at radius 2 is 1.76 bits per heavy atom. The first-order chi connectivity index (χ1) is 16.1. The molecule has 2 heterocycles. The second-order valence-corrected chi connectivity index (χ2v) is 12.4. The Morgan fingerprint density at radius 1 is 1.12 bits per heavy atom. The molecule has 1 amide bonds. The highest BCUT2D eigenvalue weighted by Gasteiger charge is 2.59. The number of aliphatic hydroxyl groups is 2. The highest BCUT2D eigenvalue weighted by atomic mass is 16.7. The predicted octanol–water partition coefficient (Wildman–Crippen LogP) is 4.34. The fraction of sp³-hybridized carbons (Fsp3) is 0.963. The summed E-state index contributed by atoms with van der Waals surface area (Å²) in [6.07, 6.45) is 7.11. The van der Waals surface area contributed by atoms with Crippen molar-refractivity contribution in [3.8, 4) is 0 Å². The van der Waals surface area contributed by atoms with Crippen molar-refractivity contribution < 1.29 is 29.2 Å². The number of ether oxygens (including phenoxy) is 3. The summed E-state index contributed by atoms with van der Waals surface area (Å²) in [5.74, 6) is 0.100. The number of likely N-dealkylation sites (tertiary alicyclic amines) is 1. The lowest BCUT2D eigenvalue weighted by atomic mass is 9.60. The summed E-state index contributed by atoms with van der Waals surface area (Å²) >= 11 is 0. The Hall–Kier alpha value is -0.890. The van der Waals surface area contributed by atoms with E-state index in [0.29, 0.717) is 13.2 Å². The zero-order chi connectivity index (χ0) is 24.7. The van der Waals surface area contributed by atoms with Gasteiger partial charge in [-0.3, -0.25) is 0 Å². The van der Waals surface area contributed by atoms with Crippen LogP contribution in [0.5, 0.6) is 0 Å². The summed E-state index contributed by atoms with van der Waals surface area (Å²) in [5.41, 5.74) is -0.559. The fourth-order valence-corrected chi connectivity index (χ4v) is 7.69. The molecule has 2 aliphatic heterocycles. The van der Waals surface area contributed by atoms with Crippen LogP contribution in [0.15, 0.2) is 0 Å². The molecule has 0 bridgehead atoms. The van der Waals surface area contributed by atoms with Gasteiger partial charge in [-0.15, -0.1) is 0 Å². The molecule has 7 nitrogen and oxygen atoms in total. The van der Waals surface area contributed by atoms with Gasteiger partial charge in [0.15, 0.2) is 5.79 Å². The van der Waals surface area contributed by atoms with Gasteiger partial charge in [0.25, 0.3) is 0 Å². The van der Waals surface area contributed by atoms with Crippen LogP contribution in [0.1, 0.15) is 86.0 Å². The quantitative estimate of drug-likeness (QED) is 0.621. The number of carbonyl (C=O) groups is 1. The number of nitrogens with zero attached hydrogens (tertiary/aromatic N) is 1. The number of hydrogen-bond acceptors (Lipinski definition) is 6. The molecule has 2 saturated heterocycles. The third-order valence-electron chi connectivity index (χ3n) is 9.09. The Labute approximate surface area is 205 Å². The van der Waals surface area contributed by atoms with Gasteiger partial charge in [-0.05, 0) is 90.4 Å². The standard InChI is InChI=1S/C27H47NO6/c1-17-10-11-23-24(28(17)25(31)34-26(3,4)5)14-19(15-27(23)32-12-13-33-27)22(16-29)21-9-7-6-8-20(21)18(2)30/h17-24,29-30H,6-16H2,1-5H3/t17-,18+,19-,20-,21+,22-,23+,24+/m0/s1. The molecule has 0 radical (unpaired) electrons. The van der Waals surface area contributed by atoms with Gasteiger partial charge in [0.2, 0.25) is 0 Å². The third-order valence-corrected chi connectivity index (χ3v) is 9.09. The van der Waals surface area contributed by atoms with E-state index in [9.17, 15) is 15.0 Å². The molecule has 2 saturated carbocycles. The topological polar surface area (TPSA) is 88.5 Å². The Morgan fingerprint density at radius 3 is 2.35 bits per heavy atom. The van der Waals surface area contributed by atoms with Gasteiger partial charge in [0, 0.05) is 31.0 Å². The van der Waals surface area contributed by atoms with Crippen LogP contribution >= 0.6 is 0 Å². The van der Waals surface area contributed by atoms with Crippen molar-refractivity contribution in [2.24, 2.45) is 29.6 Å². The number of rotatable bonds is 4. The molecule has 1 spiro atoms. The molecule has 34 heavy (non-hydrogen) atoms. The summed E-state index contributed by atoms with van der Waals surface area (Å²) in [4.78, 5) is 15.4. The first kappa shape index (κ1) is 26.2. The smallest absolute Gasteiger partial charge is 0.410 e. The van der Waals surface area contributed by atoms with Crippen LogP contribution < -0.4 is 0 Å². The van der Waals surface area contributed by atoms with Crippen molar-refractivity contribution in [2.75, 3.05) is 19.8 Å². The Balaban J connectivity index is 1.65. The first-order valence-corrected chi connectivity index (χ1v) is 13.6. The van der Waals surface area contributed by atoms with Crippen molar-refractivity contribution in [1.29, 1.82) is 0 Å². The Kier molecular flexibility index (Phi) is 7.88. The summed E-state index contributed by atoms with van der Waals surface area (Å²) in [7, 11) is 0. The average Bonchev–Trinajstić information content (AvgIpc) is 3.21. The minimum absolute atomic E-state index is 0.0434. The fourth-order valence-electron chi connectivity index (χ4n) is 7.69. The lowest BCUT2D eigenvalue weighted by molar-refractivity contribution is -0.253. The highest BCUT2D eigenvalue weighted by Crippen LogP contribution is 2.53. The third kappa shape index (κ3) is 5.14. The summed E-state index contributed by atoms with van der Waals surface area (Å²) in [5, 5.41) is 21.2. The monoisotopic (exact) mass is 481 g/mol. The summed E-state index contributed by atoms with van der Waals surface area (Å²) in [6.45, 7) is 11.0. The normalized spacial score (nSPS) is 37.8. The molecular formula is C27H47NO6. The van der Waals surface area contributed by atoms with Crippen LogP contribution in [0.3, 0.4) is 0 Å². The van der Waals surface area contributed by atoms with Gasteiger partial charge in [0.05, 0.1) is 19.3 Å². The van der Waals surface area contributed by atoms with Gasteiger partial charge in [-0.2, -0.15) is 0 Å². The van der Waals surface area contributed by atoms with E-state index in [0.717, 1.165) is 51.4 Å². The molecule has 4 rings (SSSR count). The van der Waals surface area contributed by atoms with Crippen LogP contribution in [0.2, 0.25) is 0 Å². The minimum Gasteiger partial charge on any atom is -0.444 e. The largest absolute Gasteiger partial charge is 0.444 e. The molecule has 196 valence electrons. The number of amides is 1. The van der Waals surface area contributed by atoms with Crippen LogP contribution in [0, 0.1) is 29.6 Å². The van der Waals surface area contributed by atoms with Crippen molar-refractivity contribution in [3.63, 3.8) is 0 Å². The number of aliphatic hydroxyl groups excluding tert-OH is 2. The van der Waals surface area contributed by atoms with E-state index in [2.05, 4.69) is 6.92 Å². The maximum absolute atomic E-state index is 13.4. The van der Waals surface area contributed by atoms with Crippen molar-refractivity contribution in [1.82, 2.24) is 4.90 Å². The minimum atomic E-state index is -0.698. The molecule has 2 aliphatic carbocycles. The van der Waals surface area contributed by atoms with E-state index in [-0.39, 0.29) is 60.5 Å². The lowest BCUT2D eigenvalue weighted by Gasteiger charge is -2.56. The van der Waals surface area contributed by atoms with Gasteiger partial charge in [-0.25, -0.2) is 4.79 Å². The first-order valence-electron chi connectivity index (χ1n) is 13.6. The van der Waals surface area contributed by atoms with E-state index in [4.69, 9.17) is 14.2 Å². The van der Waals surface area contributed by atoms with Gasteiger partial charge >= 0.3 is 6.09 Å². The summed E-state index contributed by atoms with van der Waals surface area (Å²) in [6, 6.07) is 0.0406.